The summed E-state index contributed by atoms with van der Waals surface area (Å²) in [5.74, 6) is -0.797. The molecule has 0 fully saturated rings. The Morgan fingerprint density at radius 1 is 1.19 bits per heavy atom. The van der Waals surface area contributed by atoms with E-state index in [2.05, 4.69) is 20.8 Å². The van der Waals surface area contributed by atoms with Crippen LogP contribution in [0.15, 0.2) is 24.3 Å². The standard InChI is InChI=1S/C18H23FN4O2S/c1-4-6-14(24)20-15(11(3)5-2)16(25)21-18-23-22-17(26-18)12-7-9-13(19)10-8-12/h7-11,15H,4-6H2,1-3H3,(H,20,24)(H,21,23,25)/t11-,15-/m1/s1. The van der Waals surface area contributed by atoms with Gasteiger partial charge in [0.25, 0.3) is 0 Å². The van der Waals surface area contributed by atoms with Gasteiger partial charge in [0.2, 0.25) is 16.9 Å². The predicted molar refractivity (Wildman–Crippen MR) is 100 cm³/mol. The molecule has 2 amide bonds. The summed E-state index contributed by atoms with van der Waals surface area (Å²) in [4.78, 5) is 24.5. The summed E-state index contributed by atoms with van der Waals surface area (Å²) in [7, 11) is 0. The van der Waals surface area contributed by atoms with Gasteiger partial charge in [0.1, 0.15) is 16.9 Å². The van der Waals surface area contributed by atoms with Gasteiger partial charge in [-0.05, 0) is 36.6 Å². The summed E-state index contributed by atoms with van der Waals surface area (Å²) in [5.41, 5.74) is 0.721. The first-order valence-electron chi connectivity index (χ1n) is 8.64. The van der Waals surface area contributed by atoms with E-state index in [0.717, 1.165) is 18.4 Å². The lowest BCUT2D eigenvalue weighted by Crippen LogP contribution is -2.47. The van der Waals surface area contributed by atoms with Gasteiger partial charge in [-0.25, -0.2) is 4.39 Å². The van der Waals surface area contributed by atoms with Crippen LogP contribution in [0.3, 0.4) is 0 Å². The van der Waals surface area contributed by atoms with Crippen molar-refractivity contribution in [2.75, 3.05) is 5.32 Å². The molecule has 0 aliphatic rings. The average Bonchev–Trinajstić information content (AvgIpc) is 3.08. The van der Waals surface area contributed by atoms with Crippen molar-refractivity contribution in [2.24, 2.45) is 5.92 Å². The lowest BCUT2D eigenvalue weighted by molar-refractivity contribution is -0.127. The molecule has 1 heterocycles. The van der Waals surface area contributed by atoms with Crippen LogP contribution in [0.5, 0.6) is 0 Å². The molecule has 1 aromatic carbocycles. The molecule has 0 unspecified atom stereocenters. The van der Waals surface area contributed by atoms with E-state index in [1.165, 1.54) is 23.5 Å². The van der Waals surface area contributed by atoms with Gasteiger partial charge in [-0.1, -0.05) is 38.5 Å². The van der Waals surface area contributed by atoms with Crippen LogP contribution in [-0.2, 0) is 9.59 Å². The number of benzene rings is 1. The lowest BCUT2D eigenvalue weighted by Gasteiger charge is -2.22. The van der Waals surface area contributed by atoms with Crippen LogP contribution in [0.1, 0.15) is 40.0 Å². The Labute approximate surface area is 156 Å². The summed E-state index contributed by atoms with van der Waals surface area (Å²) in [5, 5.41) is 14.4. The van der Waals surface area contributed by atoms with E-state index in [0.29, 0.717) is 16.6 Å². The number of carbonyl (C=O) groups excluding carboxylic acids is 2. The zero-order valence-electron chi connectivity index (χ0n) is 15.1. The highest BCUT2D eigenvalue weighted by atomic mass is 32.1. The van der Waals surface area contributed by atoms with E-state index in [4.69, 9.17) is 0 Å². The number of hydrogen-bond acceptors (Lipinski definition) is 5. The first-order valence-corrected chi connectivity index (χ1v) is 9.45. The summed E-state index contributed by atoms with van der Waals surface area (Å²) in [6, 6.07) is 5.27. The average molecular weight is 378 g/mol. The summed E-state index contributed by atoms with van der Waals surface area (Å²) in [6.07, 6.45) is 1.85. The number of nitrogens with zero attached hydrogens (tertiary/aromatic N) is 2. The van der Waals surface area contributed by atoms with Crippen LogP contribution in [0.25, 0.3) is 10.6 Å². The molecule has 0 saturated carbocycles. The minimum absolute atomic E-state index is 0.0136. The Kier molecular flexibility index (Phi) is 7.20. The molecule has 0 aliphatic heterocycles. The van der Waals surface area contributed by atoms with Crippen molar-refractivity contribution in [3.05, 3.63) is 30.1 Å². The fourth-order valence-corrected chi connectivity index (χ4v) is 3.09. The quantitative estimate of drug-likeness (QED) is 0.735. The van der Waals surface area contributed by atoms with Crippen molar-refractivity contribution in [3.8, 4) is 10.6 Å². The van der Waals surface area contributed by atoms with Crippen molar-refractivity contribution in [1.82, 2.24) is 15.5 Å². The molecule has 0 radical (unpaired) electrons. The van der Waals surface area contributed by atoms with Crippen molar-refractivity contribution in [2.45, 2.75) is 46.1 Å². The second-order valence-corrected chi connectivity index (χ2v) is 7.07. The van der Waals surface area contributed by atoms with Gasteiger partial charge in [0.15, 0.2) is 0 Å². The van der Waals surface area contributed by atoms with Crippen LogP contribution < -0.4 is 10.6 Å². The minimum atomic E-state index is -0.628. The van der Waals surface area contributed by atoms with E-state index in [1.54, 1.807) is 12.1 Å². The number of carbonyl (C=O) groups is 2. The number of amides is 2. The van der Waals surface area contributed by atoms with Crippen molar-refractivity contribution >= 4 is 28.3 Å². The maximum atomic E-state index is 13.0. The smallest absolute Gasteiger partial charge is 0.249 e. The van der Waals surface area contributed by atoms with Gasteiger partial charge in [0, 0.05) is 12.0 Å². The van der Waals surface area contributed by atoms with Crippen molar-refractivity contribution in [3.63, 3.8) is 0 Å². The maximum Gasteiger partial charge on any atom is 0.249 e. The second-order valence-electron chi connectivity index (χ2n) is 6.09. The SMILES string of the molecule is CCCC(=O)N[C@@H](C(=O)Nc1nnc(-c2ccc(F)cc2)s1)[C@H](C)CC. The van der Waals surface area contributed by atoms with Gasteiger partial charge in [-0.2, -0.15) is 0 Å². The van der Waals surface area contributed by atoms with Crippen LogP contribution >= 0.6 is 11.3 Å². The highest BCUT2D eigenvalue weighted by molar-refractivity contribution is 7.18. The van der Waals surface area contributed by atoms with Crippen LogP contribution in [0.4, 0.5) is 9.52 Å². The summed E-state index contributed by atoms with van der Waals surface area (Å²) >= 11 is 1.20. The van der Waals surface area contributed by atoms with E-state index < -0.39 is 6.04 Å². The summed E-state index contributed by atoms with van der Waals surface area (Å²) < 4.78 is 13.0. The Morgan fingerprint density at radius 2 is 1.88 bits per heavy atom. The normalized spacial score (nSPS) is 13.1. The van der Waals surface area contributed by atoms with Gasteiger partial charge in [0.05, 0.1) is 0 Å². The Bertz CT molecular complexity index is 748. The molecule has 1 aromatic heterocycles. The second kappa shape index (κ2) is 9.38. The zero-order chi connectivity index (χ0) is 19.1. The van der Waals surface area contributed by atoms with Gasteiger partial charge < -0.3 is 5.32 Å². The Hall–Kier alpha value is -2.35. The largest absolute Gasteiger partial charge is 0.344 e. The van der Waals surface area contributed by atoms with Crippen LogP contribution in [-0.4, -0.2) is 28.1 Å². The summed E-state index contributed by atoms with van der Waals surface area (Å²) in [6.45, 7) is 5.80. The molecule has 0 aliphatic carbocycles. The first kappa shape index (κ1) is 20.0. The van der Waals surface area contributed by atoms with Crippen molar-refractivity contribution < 1.29 is 14.0 Å². The van der Waals surface area contributed by atoms with Gasteiger partial charge in [-0.15, -0.1) is 10.2 Å². The number of anilines is 1. The number of rotatable bonds is 8. The highest BCUT2D eigenvalue weighted by Gasteiger charge is 2.26. The minimum Gasteiger partial charge on any atom is -0.344 e. The van der Waals surface area contributed by atoms with E-state index >= 15 is 0 Å². The lowest BCUT2D eigenvalue weighted by atomic mass is 9.98. The molecule has 2 N–H and O–H groups in total. The Balaban J connectivity index is 2.08. The fraction of sp³-hybridized carbons (Fsp3) is 0.444. The third-order valence-corrected chi connectivity index (χ3v) is 4.92. The fourth-order valence-electron chi connectivity index (χ4n) is 2.34. The Morgan fingerprint density at radius 3 is 2.50 bits per heavy atom. The number of hydrogen-bond donors (Lipinski definition) is 2. The molecule has 0 spiro atoms. The number of aromatic nitrogens is 2. The van der Waals surface area contributed by atoms with E-state index in [9.17, 15) is 14.0 Å². The molecule has 6 nitrogen and oxygen atoms in total. The zero-order valence-corrected chi connectivity index (χ0v) is 15.9. The first-order chi connectivity index (χ1) is 12.4. The highest BCUT2D eigenvalue weighted by Crippen LogP contribution is 2.26. The van der Waals surface area contributed by atoms with Gasteiger partial charge >= 0.3 is 0 Å². The van der Waals surface area contributed by atoms with Crippen LogP contribution in [0.2, 0.25) is 0 Å². The molecular weight excluding hydrogens is 355 g/mol. The molecule has 2 rings (SSSR count). The van der Waals surface area contributed by atoms with Crippen LogP contribution in [0, 0.1) is 11.7 Å². The topological polar surface area (TPSA) is 84.0 Å². The molecule has 0 saturated heterocycles. The number of nitrogens with one attached hydrogen (secondary N) is 2. The molecule has 8 heteroatoms. The third kappa shape index (κ3) is 5.32. The molecular formula is C18H23FN4O2S. The van der Waals surface area contributed by atoms with Gasteiger partial charge in [-0.3, -0.25) is 14.9 Å². The molecule has 0 bridgehead atoms. The molecule has 2 aromatic rings. The van der Waals surface area contributed by atoms with Crippen molar-refractivity contribution in [1.29, 1.82) is 0 Å². The van der Waals surface area contributed by atoms with E-state index in [1.807, 2.05) is 20.8 Å². The van der Waals surface area contributed by atoms with E-state index in [-0.39, 0.29) is 23.5 Å². The predicted octanol–water partition coefficient (Wildman–Crippen LogP) is 3.61. The monoisotopic (exact) mass is 378 g/mol. The third-order valence-electron chi connectivity index (χ3n) is 4.04. The maximum absolute atomic E-state index is 13.0. The number of halogens is 1. The molecule has 140 valence electrons. The molecule has 2 atom stereocenters. The molecule has 26 heavy (non-hydrogen) atoms.